The number of carbonyl (C=O) groups is 1. The molecule has 98 valence electrons. The summed E-state index contributed by atoms with van der Waals surface area (Å²) >= 11 is 0. The number of carbonyl (C=O) groups excluding carboxylic acids is 1. The molecular formula is C12H14ClNO3S. The Labute approximate surface area is 111 Å². The maximum absolute atomic E-state index is 11.9. The summed E-state index contributed by atoms with van der Waals surface area (Å²) in [5.41, 5.74) is 1.17. The van der Waals surface area contributed by atoms with Crippen LogP contribution in [-0.4, -0.2) is 20.9 Å². The van der Waals surface area contributed by atoms with Crippen molar-refractivity contribution in [3.8, 4) is 0 Å². The molecular weight excluding hydrogens is 274 g/mol. The number of hydrogen-bond donors (Lipinski definition) is 0. The highest BCUT2D eigenvalue weighted by Gasteiger charge is 2.24. The summed E-state index contributed by atoms with van der Waals surface area (Å²) in [6, 6.07) is 4.82. The van der Waals surface area contributed by atoms with Crippen LogP contribution in [0.4, 0.5) is 5.69 Å². The predicted molar refractivity (Wildman–Crippen MR) is 70.4 cm³/mol. The fraction of sp³-hybridized carbons (Fsp3) is 0.417. The maximum Gasteiger partial charge on any atom is 0.261 e. The minimum Gasteiger partial charge on any atom is -0.312 e. The largest absolute Gasteiger partial charge is 0.312 e. The third kappa shape index (κ3) is 2.52. The quantitative estimate of drug-likeness (QED) is 0.785. The number of anilines is 1. The third-order valence-corrected chi connectivity index (χ3v) is 4.60. The molecule has 1 amide bonds. The van der Waals surface area contributed by atoms with E-state index in [0.29, 0.717) is 24.2 Å². The Balaban J connectivity index is 2.49. The van der Waals surface area contributed by atoms with Crippen LogP contribution in [0.15, 0.2) is 23.1 Å². The Hall–Kier alpha value is -1.07. The molecule has 1 aromatic rings. The van der Waals surface area contributed by atoms with E-state index in [9.17, 15) is 13.2 Å². The van der Waals surface area contributed by atoms with Gasteiger partial charge in [-0.1, -0.05) is 6.07 Å². The number of halogens is 1. The van der Waals surface area contributed by atoms with Gasteiger partial charge in [-0.05, 0) is 37.5 Å². The number of benzene rings is 1. The van der Waals surface area contributed by atoms with Gasteiger partial charge in [0.05, 0.1) is 4.90 Å². The van der Waals surface area contributed by atoms with E-state index in [1.165, 1.54) is 6.07 Å². The minimum atomic E-state index is -3.78. The van der Waals surface area contributed by atoms with Gasteiger partial charge in [-0.15, -0.1) is 0 Å². The van der Waals surface area contributed by atoms with Crippen LogP contribution in [0.1, 0.15) is 24.8 Å². The van der Waals surface area contributed by atoms with Gasteiger partial charge in [0.1, 0.15) is 0 Å². The van der Waals surface area contributed by atoms with Crippen LogP contribution in [0.25, 0.3) is 0 Å². The topological polar surface area (TPSA) is 54.5 Å². The highest BCUT2D eigenvalue weighted by Crippen LogP contribution is 2.30. The molecule has 2 rings (SSSR count). The number of piperidine rings is 1. The van der Waals surface area contributed by atoms with E-state index >= 15 is 0 Å². The van der Waals surface area contributed by atoms with E-state index in [1.807, 2.05) is 0 Å². The first-order chi connectivity index (χ1) is 8.41. The first-order valence-corrected chi connectivity index (χ1v) is 8.07. The van der Waals surface area contributed by atoms with E-state index in [4.69, 9.17) is 10.7 Å². The van der Waals surface area contributed by atoms with Crippen molar-refractivity contribution in [1.82, 2.24) is 0 Å². The Bertz CT molecular complexity index is 583. The number of nitrogens with zero attached hydrogens (tertiary/aromatic N) is 1. The van der Waals surface area contributed by atoms with Gasteiger partial charge in [0, 0.05) is 29.3 Å². The van der Waals surface area contributed by atoms with E-state index in [0.717, 1.165) is 12.8 Å². The lowest BCUT2D eigenvalue weighted by molar-refractivity contribution is -0.119. The van der Waals surface area contributed by atoms with Crippen molar-refractivity contribution < 1.29 is 13.2 Å². The lowest BCUT2D eigenvalue weighted by atomic mass is 10.1. The van der Waals surface area contributed by atoms with Gasteiger partial charge in [-0.2, -0.15) is 0 Å². The zero-order valence-corrected chi connectivity index (χ0v) is 11.6. The van der Waals surface area contributed by atoms with E-state index < -0.39 is 9.05 Å². The summed E-state index contributed by atoms with van der Waals surface area (Å²) < 4.78 is 22.9. The van der Waals surface area contributed by atoms with Crippen molar-refractivity contribution in [3.63, 3.8) is 0 Å². The van der Waals surface area contributed by atoms with Crippen LogP contribution in [0.5, 0.6) is 0 Å². The second-order valence-corrected chi connectivity index (χ2v) is 6.87. The Morgan fingerprint density at radius 3 is 2.61 bits per heavy atom. The molecule has 6 heteroatoms. The van der Waals surface area contributed by atoms with Gasteiger partial charge in [-0.25, -0.2) is 8.42 Å². The molecule has 0 radical (unpaired) electrons. The van der Waals surface area contributed by atoms with Crippen LogP contribution in [-0.2, 0) is 13.8 Å². The Morgan fingerprint density at radius 1 is 1.28 bits per heavy atom. The molecule has 0 aromatic heterocycles. The zero-order chi connectivity index (χ0) is 13.3. The Morgan fingerprint density at radius 2 is 2.00 bits per heavy atom. The van der Waals surface area contributed by atoms with Crippen LogP contribution >= 0.6 is 10.7 Å². The molecule has 1 aliphatic rings. The van der Waals surface area contributed by atoms with Gasteiger partial charge in [0.25, 0.3) is 9.05 Å². The second kappa shape index (κ2) is 4.90. The fourth-order valence-electron chi connectivity index (χ4n) is 2.22. The summed E-state index contributed by atoms with van der Waals surface area (Å²) in [6.45, 7) is 2.30. The van der Waals surface area contributed by atoms with E-state index in [-0.39, 0.29) is 10.8 Å². The third-order valence-electron chi connectivity index (χ3n) is 3.13. The number of amides is 1. The number of hydrogen-bond acceptors (Lipinski definition) is 3. The molecule has 1 heterocycles. The average molecular weight is 288 g/mol. The highest BCUT2D eigenvalue weighted by molar-refractivity contribution is 8.13. The monoisotopic (exact) mass is 287 g/mol. The molecule has 0 atom stereocenters. The molecule has 18 heavy (non-hydrogen) atoms. The normalized spacial score (nSPS) is 17.0. The Kier molecular flexibility index (Phi) is 3.64. The summed E-state index contributed by atoms with van der Waals surface area (Å²) in [5, 5.41) is 0. The molecule has 1 fully saturated rings. The summed E-state index contributed by atoms with van der Waals surface area (Å²) in [6.07, 6.45) is 2.34. The first kappa shape index (κ1) is 13.4. The molecule has 0 aliphatic carbocycles. The summed E-state index contributed by atoms with van der Waals surface area (Å²) in [4.78, 5) is 13.6. The van der Waals surface area contributed by atoms with Crippen LogP contribution in [0.3, 0.4) is 0 Å². The average Bonchev–Trinajstić information content (AvgIpc) is 2.29. The van der Waals surface area contributed by atoms with Gasteiger partial charge in [0.2, 0.25) is 5.91 Å². The molecule has 1 aromatic carbocycles. The van der Waals surface area contributed by atoms with Crippen molar-refractivity contribution in [3.05, 3.63) is 23.8 Å². The van der Waals surface area contributed by atoms with E-state index in [1.54, 1.807) is 24.0 Å². The molecule has 0 N–H and O–H groups in total. The van der Waals surface area contributed by atoms with Gasteiger partial charge >= 0.3 is 0 Å². The smallest absolute Gasteiger partial charge is 0.261 e. The fourth-order valence-corrected chi connectivity index (χ4v) is 3.43. The van der Waals surface area contributed by atoms with Crippen molar-refractivity contribution in [2.45, 2.75) is 31.1 Å². The lowest BCUT2D eigenvalue weighted by Gasteiger charge is -2.28. The van der Waals surface area contributed by atoms with Crippen LogP contribution < -0.4 is 4.90 Å². The van der Waals surface area contributed by atoms with Crippen molar-refractivity contribution in [2.24, 2.45) is 0 Å². The van der Waals surface area contributed by atoms with Crippen LogP contribution in [0.2, 0.25) is 0 Å². The maximum atomic E-state index is 11.9. The van der Waals surface area contributed by atoms with Crippen molar-refractivity contribution in [2.75, 3.05) is 11.4 Å². The van der Waals surface area contributed by atoms with Crippen LogP contribution in [0, 0.1) is 6.92 Å². The minimum absolute atomic E-state index is 0.0356. The standard InChI is InChI=1S/C12H14ClNO3S/c1-9-10(14-8-3-2-7-12(14)15)5-4-6-11(9)18(13,16)17/h4-6H,2-3,7-8H2,1H3. The summed E-state index contributed by atoms with van der Waals surface area (Å²) in [7, 11) is 1.60. The molecule has 1 saturated heterocycles. The first-order valence-electron chi connectivity index (χ1n) is 5.76. The van der Waals surface area contributed by atoms with Crippen molar-refractivity contribution >= 4 is 31.3 Å². The molecule has 0 bridgehead atoms. The molecule has 0 saturated carbocycles. The van der Waals surface area contributed by atoms with Gasteiger partial charge < -0.3 is 4.90 Å². The number of rotatable bonds is 2. The lowest BCUT2D eigenvalue weighted by Crippen LogP contribution is -2.35. The van der Waals surface area contributed by atoms with Gasteiger partial charge in [0.15, 0.2) is 0 Å². The van der Waals surface area contributed by atoms with Crippen molar-refractivity contribution in [1.29, 1.82) is 0 Å². The second-order valence-electron chi connectivity index (χ2n) is 4.34. The van der Waals surface area contributed by atoms with Gasteiger partial charge in [-0.3, -0.25) is 4.79 Å². The molecule has 0 spiro atoms. The highest BCUT2D eigenvalue weighted by atomic mass is 35.7. The van der Waals surface area contributed by atoms with E-state index in [2.05, 4.69) is 0 Å². The predicted octanol–water partition coefficient (Wildman–Crippen LogP) is 2.44. The molecule has 0 unspecified atom stereocenters. The zero-order valence-electron chi connectivity index (χ0n) is 10.0. The summed E-state index contributed by atoms with van der Waals surface area (Å²) in [5.74, 6) is 0.0356. The molecule has 4 nitrogen and oxygen atoms in total. The SMILES string of the molecule is Cc1c(N2CCCCC2=O)cccc1S(=O)(=O)Cl. The molecule has 1 aliphatic heterocycles.